The zero-order valence-corrected chi connectivity index (χ0v) is 10.6. The molecule has 1 N–H and O–H groups in total. The number of nitrogens with zero attached hydrogens (tertiary/aromatic N) is 1. The Morgan fingerprint density at radius 2 is 1.84 bits per heavy atom. The Hall–Kier alpha value is -2.17. The third-order valence-electron chi connectivity index (χ3n) is 3.37. The van der Waals surface area contributed by atoms with E-state index in [0.29, 0.717) is 0 Å². The van der Waals surface area contributed by atoms with Crippen molar-refractivity contribution in [2.24, 2.45) is 0 Å². The second-order valence-corrected chi connectivity index (χ2v) is 4.73. The van der Waals surface area contributed by atoms with Crippen molar-refractivity contribution in [2.45, 2.75) is 25.7 Å². The van der Waals surface area contributed by atoms with Crippen molar-refractivity contribution in [2.75, 3.05) is 6.54 Å². The van der Waals surface area contributed by atoms with Crippen molar-refractivity contribution in [3.63, 3.8) is 0 Å². The molecule has 1 saturated heterocycles. The average molecular weight is 261 g/mol. The zero-order valence-electron chi connectivity index (χ0n) is 10.6. The third kappa shape index (κ3) is 2.81. The zero-order chi connectivity index (χ0) is 14.0. The highest BCUT2D eigenvalue weighted by atomic mass is 16.4. The highest BCUT2D eigenvalue weighted by molar-refractivity contribution is 6.01. The van der Waals surface area contributed by atoms with E-state index >= 15 is 0 Å². The van der Waals surface area contributed by atoms with Crippen molar-refractivity contribution in [1.29, 1.82) is 0 Å². The van der Waals surface area contributed by atoms with E-state index in [9.17, 15) is 14.4 Å². The highest BCUT2D eigenvalue weighted by Crippen LogP contribution is 2.31. The van der Waals surface area contributed by atoms with E-state index in [1.54, 1.807) is 0 Å². The van der Waals surface area contributed by atoms with Gasteiger partial charge in [-0.1, -0.05) is 24.3 Å². The maximum Gasteiger partial charge on any atom is 0.323 e. The molecule has 0 bridgehead atoms. The summed E-state index contributed by atoms with van der Waals surface area (Å²) >= 11 is 0. The lowest BCUT2D eigenvalue weighted by Gasteiger charge is -2.29. The SMILES string of the molecule is Cc1ccccc1C1CC(=O)N(CC(=O)O)C(=O)C1. The average Bonchev–Trinajstić information content (AvgIpc) is 2.34. The fourth-order valence-corrected chi connectivity index (χ4v) is 2.43. The minimum Gasteiger partial charge on any atom is -0.480 e. The van der Waals surface area contributed by atoms with Crippen LogP contribution in [0, 0.1) is 6.92 Å². The fourth-order valence-electron chi connectivity index (χ4n) is 2.43. The van der Waals surface area contributed by atoms with Crippen LogP contribution in [0.2, 0.25) is 0 Å². The molecule has 0 saturated carbocycles. The molecule has 0 unspecified atom stereocenters. The summed E-state index contributed by atoms with van der Waals surface area (Å²) in [5.74, 6) is -2.14. The van der Waals surface area contributed by atoms with E-state index < -0.39 is 24.3 Å². The second kappa shape index (κ2) is 5.22. The minimum atomic E-state index is -1.17. The van der Waals surface area contributed by atoms with Gasteiger partial charge in [-0.25, -0.2) is 0 Å². The Kier molecular flexibility index (Phi) is 3.64. The molecule has 100 valence electrons. The smallest absolute Gasteiger partial charge is 0.323 e. The molecule has 0 atom stereocenters. The molecule has 1 aliphatic rings. The van der Waals surface area contributed by atoms with Gasteiger partial charge in [0, 0.05) is 18.8 Å². The quantitative estimate of drug-likeness (QED) is 0.832. The molecule has 5 heteroatoms. The lowest BCUT2D eigenvalue weighted by Crippen LogP contribution is -2.45. The van der Waals surface area contributed by atoms with Crippen LogP contribution in [0.5, 0.6) is 0 Å². The maximum absolute atomic E-state index is 11.9. The van der Waals surface area contributed by atoms with Crippen LogP contribution in [-0.2, 0) is 14.4 Å². The molecule has 1 aliphatic heterocycles. The lowest BCUT2D eigenvalue weighted by molar-refractivity contribution is -0.155. The number of carboxylic acids is 1. The predicted molar refractivity (Wildman–Crippen MR) is 67.5 cm³/mol. The van der Waals surface area contributed by atoms with Crippen LogP contribution < -0.4 is 0 Å². The summed E-state index contributed by atoms with van der Waals surface area (Å²) in [6, 6.07) is 7.63. The van der Waals surface area contributed by atoms with Crippen LogP contribution in [0.3, 0.4) is 0 Å². The number of carbonyl (C=O) groups excluding carboxylic acids is 2. The van der Waals surface area contributed by atoms with Crippen molar-refractivity contribution < 1.29 is 19.5 Å². The Balaban J connectivity index is 2.18. The Morgan fingerprint density at radius 1 is 1.26 bits per heavy atom. The monoisotopic (exact) mass is 261 g/mol. The molecule has 1 heterocycles. The van der Waals surface area contributed by atoms with Crippen LogP contribution in [0.15, 0.2) is 24.3 Å². The van der Waals surface area contributed by atoms with Crippen LogP contribution in [0.4, 0.5) is 0 Å². The fraction of sp³-hybridized carbons (Fsp3) is 0.357. The largest absolute Gasteiger partial charge is 0.480 e. The third-order valence-corrected chi connectivity index (χ3v) is 3.37. The number of likely N-dealkylation sites (tertiary alicyclic amines) is 1. The maximum atomic E-state index is 11.9. The topological polar surface area (TPSA) is 74.7 Å². The van der Waals surface area contributed by atoms with Crippen LogP contribution in [-0.4, -0.2) is 34.3 Å². The van der Waals surface area contributed by atoms with E-state index in [2.05, 4.69) is 0 Å². The van der Waals surface area contributed by atoms with Crippen molar-refractivity contribution >= 4 is 17.8 Å². The number of hydrogen-bond acceptors (Lipinski definition) is 3. The molecule has 0 aromatic heterocycles. The molecule has 0 spiro atoms. The number of aryl methyl sites for hydroxylation is 1. The first-order chi connectivity index (χ1) is 8.99. The molecular formula is C14H15NO4. The summed E-state index contributed by atoms with van der Waals surface area (Å²) in [5, 5.41) is 8.68. The van der Waals surface area contributed by atoms with Gasteiger partial charge in [-0.2, -0.15) is 0 Å². The Labute approximate surface area is 110 Å². The summed E-state index contributed by atoms with van der Waals surface area (Å²) in [5.41, 5.74) is 2.03. The van der Waals surface area contributed by atoms with Crippen LogP contribution in [0.25, 0.3) is 0 Å². The normalized spacial score (nSPS) is 16.8. The standard InChI is InChI=1S/C14H15NO4/c1-9-4-2-3-5-11(9)10-6-12(16)15(8-14(18)19)13(17)7-10/h2-5,10H,6-8H2,1H3,(H,18,19). The number of benzene rings is 1. The van der Waals surface area contributed by atoms with Gasteiger partial charge in [0.2, 0.25) is 11.8 Å². The highest BCUT2D eigenvalue weighted by Gasteiger charge is 2.34. The predicted octanol–water partition coefficient (Wildman–Crippen LogP) is 1.31. The van der Waals surface area contributed by atoms with Gasteiger partial charge in [0.05, 0.1) is 0 Å². The van der Waals surface area contributed by atoms with E-state index in [0.717, 1.165) is 16.0 Å². The van der Waals surface area contributed by atoms with Crippen LogP contribution >= 0.6 is 0 Å². The van der Waals surface area contributed by atoms with Gasteiger partial charge in [0.1, 0.15) is 6.54 Å². The van der Waals surface area contributed by atoms with E-state index in [1.165, 1.54) is 0 Å². The summed E-state index contributed by atoms with van der Waals surface area (Å²) < 4.78 is 0. The molecule has 2 amide bonds. The molecule has 0 aliphatic carbocycles. The lowest BCUT2D eigenvalue weighted by atomic mass is 9.86. The number of imide groups is 1. The second-order valence-electron chi connectivity index (χ2n) is 4.73. The Bertz CT molecular complexity index is 520. The molecule has 1 fully saturated rings. The van der Waals surface area contributed by atoms with Crippen molar-refractivity contribution in [3.05, 3.63) is 35.4 Å². The molecule has 1 aromatic carbocycles. The summed E-state index contributed by atoms with van der Waals surface area (Å²) in [6.07, 6.45) is 0.369. The first kappa shape index (κ1) is 13.3. The number of piperidine rings is 1. The van der Waals surface area contributed by atoms with Crippen molar-refractivity contribution in [1.82, 2.24) is 4.90 Å². The number of rotatable bonds is 3. The van der Waals surface area contributed by atoms with E-state index in [1.807, 2.05) is 31.2 Å². The molecule has 2 rings (SSSR count). The summed E-state index contributed by atoms with van der Waals surface area (Å²) in [7, 11) is 0. The van der Waals surface area contributed by atoms with Gasteiger partial charge in [0.15, 0.2) is 0 Å². The van der Waals surface area contributed by atoms with E-state index in [-0.39, 0.29) is 18.8 Å². The summed E-state index contributed by atoms with van der Waals surface area (Å²) in [6.45, 7) is 1.39. The Morgan fingerprint density at radius 3 is 2.37 bits per heavy atom. The number of amides is 2. The molecule has 1 aromatic rings. The number of carboxylic acid groups (broad SMARTS) is 1. The van der Waals surface area contributed by atoms with Gasteiger partial charge in [-0.3, -0.25) is 19.3 Å². The first-order valence-corrected chi connectivity index (χ1v) is 6.09. The van der Waals surface area contributed by atoms with Crippen LogP contribution in [0.1, 0.15) is 29.9 Å². The number of aliphatic carboxylic acids is 1. The van der Waals surface area contributed by atoms with Gasteiger partial charge in [-0.15, -0.1) is 0 Å². The van der Waals surface area contributed by atoms with Crippen molar-refractivity contribution in [3.8, 4) is 0 Å². The first-order valence-electron chi connectivity index (χ1n) is 6.09. The van der Waals surface area contributed by atoms with Gasteiger partial charge in [0.25, 0.3) is 0 Å². The number of hydrogen-bond donors (Lipinski definition) is 1. The van der Waals surface area contributed by atoms with E-state index in [4.69, 9.17) is 5.11 Å². The van der Waals surface area contributed by atoms with Gasteiger partial charge >= 0.3 is 5.97 Å². The minimum absolute atomic E-state index is 0.147. The molecular weight excluding hydrogens is 246 g/mol. The summed E-state index contributed by atoms with van der Waals surface area (Å²) in [4.78, 5) is 35.2. The molecule has 19 heavy (non-hydrogen) atoms. The molecule has 0 radical (unpaired) electrons. The van der Waals surface area contributed by atoms with Gasteiger partial charge in [-0.05, 0) is 18.1 Å². The molecule has 5 nitrogen and oxygen atoms in total. The number of carbonyl (C=O) groups is 3. The van der Waals surface area contributed by atoms with Gasteiger partial charge < -0.3 is 5.11 Å².